The van der Waals surface area contributed by atoms with Crippen molar-refractivity contribution in [2.45, 2.75) is 19.4 Å². The van der Waals surface area contributed by atoms with E-state index in [1.54, 1.807) is 29.8 Å². The summed E-state index contributed by atoms with van der Waals surface area (Å²) in [7, 11) is 0. The number of nitrogens with one attached hydrogen (secondary N) is 3. The third-order valence-corrected chi connectivity index (χ3v) is 3.33. The van der Waals surface area contributed by atoms with Crippen LogP contribution in [0, 0.1) is 0 Å². The van der Waals surface area contributed by atoms with Crippen molar-refractivity contribution in [1.82, 2.24) is 20.8 Å². The van der Waals surface area contributed by atoms with Crippen molar-refractivity contribution in [2.75, 3.05) is 5.32 Å². The molecule has 0 bridgehead atoms. The van der Waals surface area contributed by atoms with Gasteiger partial charge in [-0.1, -0.05) is 13.0 Å². The molecule has 2 heterocycles. The molecule has 2 rings (SSSR count). The minimum absolute atomic E-state index is 0.256. The quantitative estimate of drug-likeness (QED) is 0.697. The number of pyridine rings is 1. The highest BCUT2D eigenvalue weighted by molar-refractivity contribution is 7.13. The van der Waals surface area contributed by atoms with Crippen molar-refractivity contribution in [1.29, 1.82) is 0 Å². The summed E-state index contributed by atoms with van der Waals surface area (Å²) in [6.45, 7) is 1.84. The molecule has 0 saturated heterocycles. The van der Waals surface area contributed by atoms with Crippen molar-refractivity contribution < 1.29 is 9.59 Å². The van der Waals surface area contributed by atoms with E-state index in [1.807, 2.05) is 6.92 Å². The summed E-state index contributed by atoms with van der Waals surface area (Å²) in [5, 5.41) is 4.97. The number of hydrogen-bond acceptors (Lipinski definition) is 6. The second-order valence-corrected chi connectivity index (χ2v) is 5.00. The molecule has 110 valence electrons. The Morgan fingerprint density at radius 2 is 2.14 bits per heavy atom. The Morgan fingerprint density at radius 3 is 2.76 bits per heavy atom. The van der Waals surface area contributed by atoms with E-state index < -0.39 is 11.9 Å². The Bertz CT molecular complexity index is 588. The average molecular weight is 305 g/mol. The van der Waals surface area contributed by atoms with Crippen molar-refractivity contribution in [2.24, 2.45) is 0 Å². The van der Waals surface area contributed by atoms with Crippen molar-refractivity contribution in [3.63, 3.8) is 0 Å². The SMILES string of the molecule is CCC(NNC(=O)c1ccccn1)C(=O)Nc1nccs1. The minimum Gasteiger partial charge on any atom is -0.301 e. The zero-order valence-corrected chi connectivity index (χ0v) is 12.2. The van der Waals surface area contributed by atoms with Gasteiger partial charge in [-0.05, 0) is 18.6 Å². The van der Waals surface area contributed by atoms with Gasteiger partial charge in [0.15, 0.2) is 5.13 Å². The molecule has 3 N–H and O–H groups in total. The molecule has 0 radical (unpaired) electrons. The number of hydrazine groups is 1. The molecule has 1 atom stereocenters. The summed E-state index contributed by atoms with van der Waals surface area (Å²) in [4.78, 5) is 31.7. The Kier molecular flexibility index (Phi) is 5.35. The predicted octanol–water partition coefficient (Wildman–Crippen LogP) is 1.19. The summed E-state index contributed by atoms with van der Waals surface area (Å²) in [6, 6.07) is 4.48. The molecule has 7 nitrogen and oxygen atoms in total. The van der Waals surface area contributed by atoms with Gasteiger partial charge in [-0.15, -0.1) is 11.3 Å². The minimum atomic E-state index is -0.554. The van der Waals surface area contributed by atoms with E-state index in [2.05, 4.69) is 26.1 Å². The van der Waals surface area contributed by atoms with Crippen LogP contribution < -0.4 is 16.2 Å². The summed E-state index contributed by atoms with van der Waals surface area (Å²) in [5.74, 6) is -0.648. The number of aromatic nitrogens is 2. The maximum absolute atomic E-state index is 12.0. The van der Waals surface area contributed by atoms with Gasteiger partial charge < -0.3 is 5.32 Å². The molecule has 1 unspecified atom stereocenters. The fraction of sp³-hybridized carbons (Fsp3) is 0.231. The Morgan fingerprint density at radius 1 is 1.29 bits per heavy atom. The van der Waals surface area contributed by atoms with E-state index in [4.69, 9.17) is 0 Å². The first-order chi connectivity index (χ1) is 10.2. The standard InChI is InChI=1S/C13H15N5O2S/c1-2-9(11(19)16-13-15-7-8-21-13)17-18-12(20)10-5-3-4-6-14-10/h3-9,17H,2H2,1H3,(H,18,20)(H,15,16,19). The van der Waals surface area contributed by atoms with Gasteiger partial charge in [-0.2, -0.15) is 0 Å². The lowest BCUT2D eigenvalue weighted by Gasteiger charge is -2.16. The monoisotopic (exact) mass is 305 g/mol. The molecule has 2 aromatic rings. The van der Waals surface area contributed by atoms with Crippen LogP contribution in [0.15, 0.2) is 36.0 Å². The molecule has 2 aromatic heterocycles. The third kappa shape index (κ3) is 4.33. The van der Waals surface area contributed by atoms with Gasteiger partial charge in [-0.25, -0.2) is 10.4 Å². The summed E-state index contributed by atoms with van der Waals surface area (Å²) >= 11 is 1.33. The van der Waals surface area contributed by atoms with Gasteiger partial charge in [0.1, 0.15) is 11.7 Å². The lowest BCUT2D eigenvalue weighted by molar-refractivity contribution is -0.118. The largest absolute Gasteiger partial charge is 0.301 e. The lowest BCUT2D eigenvalue weighted by atomic mass is 10.2. The maximum atomic E-state index is 12.0. The van der Waals surface area contributed by atoms with Crippen LogP contribution in [0.2, 0.25) is 0 Å². The van der Waals surface area contributed by atoms with Crippen molar-refractivity contribution in [3.8, 4) is 0 Å². The highest BCUT2D eigenvalue weighted by Gasteiger charge is 2.18. The zero-order valence-electron chi connectivity index (χ0n) is 11.4. The number of anilines is 1. The second kappa shape index (κ2) is 7.46. The topological polar surface area (TPSA) is 96.0 Å². The molecule has 2 amide bonds. The van der Waals surface area contributed by atoms with Crippen LogP contribution in [-0.2, 0) is 4.79 Å². The van der Waals surface area contributed by atoms with E-state index in [0.717, 1.165) is 0 Å². The van der Waals surface area contributed by atoms with E-state index in [1.165, 1.54) is 17.5 Å². The smallest absolute Gasteiger partial charge is 0.283 e. The molecule has 0 spiro atoms. The molecule has 0 aliphatic rings. The van der Waals surface area contributed by atoms with Gasteiger partial charge >= 0.3 is 0 Å². The van der Waals surface area contributed by atoms with E-state index >= 15 is 0 Å². The summed E-state index contributed by atoms with van der Waals surface area (Å²) < 4.78 is 0. The number of nitrogens with zero attached hydrogens (tertiary/aromatic N) is 2. The maximum Gasteiger partial charge on any atom is 0.283 e. The van der Waals surface area contributed by atoms with Gasteiger partial charge in [0.2, 0.25) is 5.91 Å². The predicted molar refractivity (Wildman–Crippen MR) is 79.7 cm³/mol. The van der Waals surface area contributed by atoms with Gasteiger partial charge in [0, 0.05) is 17.8 Å². The number of hydrogen-bond donors (Lipinski definition) is 3. The first kappa shape index (κ1) is 15.1. The molecular formula is C13H15N5O2S. The van der Waals surface area contributed by atoms with E-state index in [-0.39, 0.29) is 11.6 Å². The normalized spacial score (nSPS) is 11.7. The Labute approximate surface area is 125 Å². The number of rotatable bonds is 6. The average Bonchev–Trinajstić information content (AvgIpc) is 3.01. The number of carbonyl (C=O) groups excluding carboxylic acids is 2. The first-order valence-electron chi connectivity index (χ1n) is 6.38. The molecule has 0 saturated carbocycles. The van der Waals surface area contributed by atoms with Crippen molar-refractivity contribution >= 4 is 28.3 Å². The van der Waals surface area contributed by atoms with Gasteiger partial charge in [0.25, 0.3) is 5.91 Å². The lowest BCUT2D eigenvalue weighted by Crippen LogP contribution is -2.49. The van der Waals surface area contributed by atoms with Crippen LogP contribution in [0.4, 0.5) is 5.13 Å². The van der Waals surface area contributed by atoms with E-state index in [0.29, 0.717) is 11.6 Å². The van der Waals surface area contributed by atoms with Gasteiger partial charge in [0.05, 0.1) is 0 Å². The molecule has 8 heteroatoms. The van der Waals surface area contributed by atoms with Crippen molar-refractivity contribution in [3.05, 3.63) is 41.7 Å². The second-order valence-electron chi connectivity index (χ2n) is 4.10. The van der Waals surface area contributed by atoms with Crippen LogP contribution in [0.3, 0.4) is 0 Å². The van der Waals surface area contributed by atoms with Crippen LogP contribution in [0.5, 0.6) is 0 Å². The molecular weight excluding hydrogens is 290 g/mol. The Hall–Kier alpha value is -2.32. The van der Waals surface area contributed by atoms with E-state index in [9.17, 15) is 9.59 Å². The third-order valence-electron chi connectivity index (χ3n) is 2.64. The van der Waals surface area contributed by atoms with Gasteiger partial charge in [-0.3, -0.25) is 20.0 Å². The van der Waals surface area contributed by atoms with Crippen LogP contribution >= 0.6 is 11.3 Å². The highest BCUT2D eigenvalue weighted by atomic mass is 32.1. The molecule has 0 fully saturated rings. The molecule has 0 aliphatic heterocycles. The highest BCUT2D eigenvalue weighted by Crippen LogP contribution is 2.10. The Balaban J connectivity index is 1.87. The zero-order chi connectivity index (χ0) is 15.1. The van der Waals surface area contributed by atoms with Crippen LogP contribution in [0.1, 0.15) is 23.8 Å². The summed E-state index contributed by atoms with van der Waals surface area (Å²) in [6.07, 6.45) is 3.65. The molecule has 21 heavy (non-hydrogen) atoms. The number of amides is 2. The molecule has 0 aliphatic carbocycles. The van der Waals surface area contributed by atoms with Crippen LogP contribution in [0.25, 0.3) is 0 Å². The number of carbonyl (C=O) groups is 2. The fourth-order valence-corrected chi connectivity index (χ4v) is 2.08. The number of thiazole rings is 1. The first-order valence-corrected chi connectivity index (χ1v) is 7.26. The van der Waals surface area contributed by atoms with Crippen LogP contribution in [-0.4, -0.2) is 27.8 Å². The molecule has 0 aromatic carbocycles. The summed E-state index contributed by atoms with van der Waals surface area (Å²) in [5.41, 5.74) is 5.46. The fourth-order valence-electron chi connectivity index (χ4n) is 1.54.